The number of hydrogen-bond acceptors (Lipinski definition) is 4. The van der Waals surface area contributed by atoms with Crippen LogP contribution < -0.4 is 10.2 Å². The summed E-state index contributed by atoms with van der Waals surface area (Å²) in [6.07, 6.45) is 0. The molecule has 0 aliphatic carbocycles. The molecule has 1 aliphatic heterocycles. The van der Waals surface area contributed by atoms with Crippen molar-refractivity contribution in [3.63, 3.8) is 0 Å². The first-order valence-electron chi connectivity index (χ1n) is 8.93. The van der Waals surface area contributed by atoms with E-state index in [-0.39, 0.29) is 0 Å². The van der Waals surface area contributed by atoms with E-state index in [0.717, 1.165) is 49.4 Å². The zero-order chi connectivity index (χ0) is 17.6. The summed E-state index contributed by atoms with van der Waals surface area (Å²) < 4.78 is 0. The highest BCUT2D eigenvalue weighted by atomic mass is 32.1. The summed E-state index contributed by atoms with van der Waals surface area (Å²) in [5.74, 6) is 1.01. The maximum absolute atomic E-state index is 4.86. The standard InChI is InChI=1S/C19H27N5S/c1-4-20-19(21-14-18-15(2)22-16(3)25-18)24-12-10-23(11-13-24)17-8-6-5-7-9-17/h5-9H,4,10-14H2,1-3H3,(H,20,21). The second kappa shape index (κ2) is 8.34. The monoisotopic (exact) mass is 357 g/mol. The van der Waals surface area contributed by atoms with Gasteiger partial charge in [0.25, 0.3) is 0 Å². The molecule has 134 valence electrons. The van der Waals surface area contributed by atoms with Crippen molar-refractivity contribution in [3.05, 3.63) is 45.9 Å². The van der Waals surface area contributed by atoms with E-state index in [9.17, 15) is 0 Å². The Bertz CT molecular complexity index is 702. The second-order valence-corrected chi connectivity index (χ2v) is 7.51. The lowest BCUT2D eigenvalue weighted by molar-refractivity contribution is 0.372. The summed E-state index contributed by atoms with van der Waals surface area (Å²) in [6.45, 7) is 11.9. The fourth-order valence-corrected chi connectivity index (χ4v) is 3.97. The van der Waals surface area contributed by atoms with Gasteiger partial charge in [0.1, 0.15) is 0 Å². The van der Waals surface area contributed by atoms with Gasteiger partial charge in [0.2, 0.25) is 0 Å². The molecule has 1 aromatic carbocycles. The minimum atomic E-state index is 0.707. The third-order valence-electron chi connectivity index (χ3n) is 4.41. The molecule has 1 aromatic heterocycles. The number of guanidine groups is 1. The van der Waals surface area contributed by atoms with E-state index >= 15 is 0 Å². The van der Waals surface area contributed by atoms with E-state index in [4.69, 9.17) is 4.99 Å². The topological polar surface area (TPSA) is 43.8 Å². The molecule has 25 heavy (non-hydrogen) atoms. The van der Waals surface area contributed by atoms with Crippen molar-refractivity contribution in [1.29, 1.82) is 0 Å². The van der Waals surface area contributed by atoms with Crippen molar-refractivity contribution in [2.75, 3.05) is 37.6 Å². The van der Waals surface area contributed by atoms with Gasteiger partial charge in [-0.3, -0.25) is 0 Å². The average molecular weight is 358 g/mol. The molecule has 0 unspecified atom stereocenters. The first-order valence-corrected chi connectivity index (χ1v) is 9.75. The molecule has 0 amide bonds. The van der Waals surface area contributed by atoms with Crippen LogP contribution in [0.5, 0.6) is 0 Å². The third kappa shape index (κ3) is 4.51. The average Bonchev–Trinajstić information content (AvgIpc) is 2.97. The summed E-state index contributed by atoms with van der Waals surface area (Å²) in [5.41, 5.74) is 2.41. The van der Waals surface area contributed by atoms with E-state index in [0.29, 0.717) is 6.54 Å². The van der Waals surface area contributed by atoms with Crippen molar-refractivity contribution < 1.29 is 0 Å². The van der Waals surface area contributed by atoms with Gasteiger partial charge >= 0.3 is 0 Å². The van der Waals surface area contributed by atoms with Crippen LogP contribution in [-0.4, -0.2) is 48.6 Å². The Kier molecular flexibility index (Phi) is 5.91. The van der Waals surface area contributed by atoms with Gasteiger partial charge in [-0.05, 0) is 32.9 Å². The number of piperazine rings is 1. The minimum Gasteiger partial charge on any atom is -0.368 e. The van der Waals surface area contributed by atoms with Gasteiger partial charge in [0.05, 0.1) is 17.2 Å². The Balaban J connectivity index is 1.63. The molecular weight excluding hydrogens is 330 g/mol. The van der Waals surface area contributed by atoms with Crippen LogP contribution in [0.1, 0.15) is 22.5 Å². The molecule has 1 fully saturated rings. The molecule has 1 aliphatic rings. The van der Waals surface area contributed by atoms with E-state index in [2.05, 4.69) is 71.2 Å². The molecule has 2 aromatic rings. The van der Waals surface area contributed by atoms with E-state index in [1.54, 1.807) is 11.3 Å². The van der Waals surface area contributed by atoms with Crippen LogP contribution in [-0.2, 0) is 6.54 Å². The number of nitrogens with zero attached hydrogens (tertiary/aromatic N) is 4. The zero-order valence-corrected chi connectivity index (χ0v) is 16.1. The maximum Gasteiger partial charge on any atom is 0.194 e. The van der Waals surface area contributed by atoms with Crippen LogP contribution >= 0.6 is 11.3 Å². The predicted molar refractivity (Wildman–Crippen MR) is 107 cm³/mol. The van der Waals surface area contributed by atoms with E-state index in [1.165, 1.54) is 10.6 Å². The Morgan fingerprint density at radius 1 is 1.16 bits per heavy atom. The predicted octanol–water partition coefficient (Wildman–Crippen LogP) is 3.05. The van der Waals surface area contributed by atoms with Gasteiger partial charge in [-0.2, -0.15) is 0 Å². The molecule has 0 saturated carbocycles. The van der Waals surface area contributed by atoms with Crippen molar-refractivity contribution in [3.8, 4) is 0 Å². The summed E-state index contributed by atoms with van der Waals surface area (Å²) in [5, 5.41) is 4.56. The molecule has 3 rings (SSSR count). The van der Waals surface area contributed by atoms with Gasteiger partial charge in [-0.25, -0.2) is 9.98 Å². The third-order valence-corrected chi connectivity index (χ3v) is 5.47. The molecule has 0 radical (unpaired) electrons. The molecular formula is C19H27N5S. The van der Waals surface area contributed by atoms with E-state index < -0.39 is 0 Å². The lowest BCUT2D eigenvalue weighted by atomic mass is 10.2. The minimum absolute atomic E-state index is 0.707. The number of rotatable bonds is 4. The molecule has 2 heterocycles. The Morgan fingerprint density at radius 3 is 2.48 bits per heavy atom. The quantitative estimate of drug-likeness (QED) is 0.675. The number of para-hydroxylation sites is 1. The van der Waals surface area contributed by atoms with Crippen molar-refractivity contribution in [2.45, 2.75) is 27.3 Å². The molecule has 1 saturated heterocycles. The highest BCUT2D eigenvalue weighted by molar-refractivity contribution is 7.11. The summed E-state index contributed by atoms with van der Waals surface area (Å²) >= 11 is 1.75. The van der Waals surface area contributed by atoms with Gasteiger partial charge in [-0.15, -0.1) is 11.3 Å². The van der Waals surface area contributed by atoms with Crippen LogP contribution in [0.4, 0.5) is 5.69 Å². The van der Waals surface area contributed by atoms with Gasteiger partial charge < -0.3 is 15.1 Å². The van der Waals surface area contributed by atoms with Crippen LogP contribution in [0, 0.1) is 13.8 Å². The number of thiazole rings is 1. The van der Waals surface area contributed by atoms with Gasteiger partial charge in [0, 0.05) is 43.3 Å². The lowest BCUT2D eigenvalue weighted by Gasteiger charge is -2.37. The fraction of sp³-hybridized carbons (Fsp3) is 0.474. The lowest BCUT2D eigenvalue weighted by Crippen LogP contribution is -2.52. The molecule has 1 N–H and O–H groups in total. The number of anilines is 1. The number of nitrogens with one attached hydrogen (secondary N) is 1. The first kappa shape index (κ1) is 17.7. The highest BCUT2D eigenvalue weighted by Gasteiger charge is 2.19. The second-order valence-electron chi connectivity index (χ2n) is 6.22. The van der Waals surface area contributed by atoms with Crippen LogP contribution in [0.3, 0.4) is 0 Å². The van der Waals surface area contributed by atoms with Crippen LogP contribution in [0.25, 0.3) is 0 Å². The van der Waals surface area contributed by atoms with E-state index in [1.807, 2.05) is 0 Å². The smallest absolute Gasteiger partial charge is 0.194 e. The number of hydrogen-bond donors (Lipinski definition) is 1. The number of aliphatic imine (C=N–C) groups is 1. The summed E-state index contributed by atoms with van der Waals surface area (Å²) in [6, 6.07) is 10.6. The molecule has 0 atom stereocenters. The number of aromatic nitrogens is 1. The molecule has 0 spiro atoms. The maximum atomic E-state index is 4.86. The van der Waals surface area contributed by atoms with Crippen molar-refractivity contribution >= 4 is 23.0 Å². The summed E-state index contributed by atoms with van der Waals surface area (Å²) in [7, 11) is 0. The Hall–Kier alpha value is -2.08. The highest BCUT2D eigenvalue weighted by Crippen LogP contribution is 2.19. The Labute approximate surface area is 154 Å². The van der Waals surface area contributed by atoms with Gasteiger partial charge in [0.15, 0.2) is 5.96 Å². The largest absolute Gasteiger partial charge is 0.368 e. The van der Waals surface area contributed by atoms with Crippen molar-refractivity contribution in [2.24, 2.45) is 4.99 Å². The molecule has 6 heteroatoms. The molecule has 0 bridgehead atoms. The number of aryl methyl sites for hydroxylation is 2. The van der Waals surface area contributed by atoms with Crippen LogP contribution in [0.2, 0.25) is 0 Å². The summed E-state index contributed by atoms with van der Waals surface area (Å²) in [4.78, 5) is 15.4. The first-order chi connectivity index (χ1) is 12.2. The number of benzene rings is 1. The SMILES string of the molecule is CCNC(=NCc1sc(C)nc1C)N1CCN(c2ccccc2)CC1. The molecule has 5 nitrogen and oxygen atoms in total. The zero-order valence-electron chi connectivity index (χ0n) is 15.3. The normalized spacial score (nSPS) is 15.6. The van der Waals surface area contributed by atoms with Gasteiger partial charge in [-0.1, -0.05) is 18.2 Å². The van der Waals surface area contributed by atoms with Crippen molar-refractivity contribution in [1.82, 2.24) is 15.2 Å². The fourth-order valence-electron chi connectivity index (χ4n) is 3.11. The Morgan fingerprint density at radius 2 is 1.88 bits per heavy atom. The van der Waals surface area contributed by atoms with Crippen LogP contribution in [0.15, 0.2) is 35.3 Å².